The molecular weight excluding hydrogens is 465 g/mol. The summed E-state index contributed by atoms with van der Waals surface area (Å²) in [5.41, 5.74) is 9.08. The van der Waals surface area contributed by atoms with Crippen LogP contribution in [-0.2, 0) is 17.6 Å². The fraction of sp³-hybridized carbons (Fsp3) is 0.516. The summed E-state index contributed by atoms with van der Waals surface area (Å²) in [4.78, 5) is 13.8. The molecule has 2 aliphatic heterocycles. The summed E-state index contributed by atoms with van der Waals surface area (Å²) in [6, 6.07) is 7.58. The number of aliphatic hydroxyl groups is 1. The van der Waals surface area contributed by atoms with Crippen LogP contribution in [0.3, 0.4) is 0 Å². The number of carbonyl (C=O) groups excluding carboxylic acids is 1. The zero-order valence-electron chi connectivity index (χ0n) is 24.6. The molecule has 0 spiro atoms. The Hall–Kier alpha value is -2.88. The average Bonchev–Trinajstić information content (AvgIpc) is 3.15. The van der Waals surface area contributed by atoms with Gasteiger partial charge in [0.05, 0.1) is 17.0 Å². The Balaban J connectivity index is 0.000000845. The van der Waals surface area contributed by atoms with Crippen molar-refractivity contribution in [2.45, 2.75) is 73.0 Å². The Morgan fingerprint density at radius 2 is 1.59 bits per heavy atom. The zero-order valence-corrected chi connectivity index (χ0v) is 24.6. The molecule has 6 heteroatoms. The fourth-order valence-electron chi connectivity index (χ4n) is 4.66. The zero-order chi connectivity index (χ0) is 28.9. The molecule has 206 valence electrons. The van der Waals surface area contributed by atoms with E-state index in [1.807, 2.05) is 26.2 Å². The van der Waals surface area contributed by atoms with E-state index in [1.165, 1.54) is 40.6 Å². The molecule has 0 saturated heterocycles. The predicted octanol–water partition coefficient (Wildman–Crippen LogP) is 5.63. The maximum absolute atomic E-state index is 13.4. The molecule has 0 aliphatic carbocycles. The van der Waals surface area contributed by atoms with Crippen molar-refractivity contribution in [3.63, 3.8) is 0 Å². The van der Waals surface area contributed by atoms with E-state index in [9.17, 15) is 4.39 Å². The number of anilines is 2. The third-order valence-electron chi connectivity index (χ3n) is 5.78. The summed E-state index contributed by atoms with van der Waals surface area (Å²) in [6.45, 7) is 15.7. The first-order valence-corrected chi connectivity index (χ1v) is 12.8. The molecule has 0 amide bonds. The summed E-state index contributed by atoms with van der Waals surface area (Å²) in [5, 5.41) is 11.3. The van der Waals surface area contributed by atoms with Crippen molar-refractivity contribution in [3.05, 3.63) is 46.8 Å². The van der Waals surface area contributed by atoms with E-state index >= 15 is 0 Å². The predicted molar refractivity (Wildman–Crippen MR) is 158 cm³/mol. The van der Waals surface area contributed by atoms with Crippen LogP contribution in [0, 0.1) is 25.6 Å². The maximum atomic E-state index is 13.4. The van der Waals surface area contributed by atoms with Gasteiger partial charge in [-0.15, -0.1) is 12.8 Å². The van der Waals surface area contributed by atoms with E-state index < -0.39 is 5.60 Å². The topological polar surface area (TPSA) is 55.8 Å². The smallest absolute Gasteiger partial charge is 0.123 e. The third-order valence-corrected chi connectivity index (χ3v) is 5.78. The Kier molecular flexibility index (Phi) is 14.8. The number of likely N-dealkylation sites (N-methyl/N-ethyl adjacent to an activating group) is 1. The van der Waals surface area contributed by atoms with E-state index in [1.54, 1.807) is 32.9 Å². The van der Waals surface area contributed by atoms with Crippen LogP contribution in [0.4, 0.5) is 15.8 Å². The number of hydrogen-bond donors (Lipinski definition) is 2. The number of rotatable bonds is 2. The lowest BCUT2D eigenvalue weighted by Gasteiger charge is -2.38. The number of hydrogen-bond acceptors (Lipinski definition) is 5. The normalized spacial score (nSPS) is 14.8. The first-order valence-electron chi connectivity index (χ1n) is 12.8. The number of nitrogens with zero attached hydrogens (tertiary/aromatic N) is 2. The van der Waals surface area contributed by atoms with Gasteiger partial charge in [0.25, 0.3) is 0 Å². The largest absolute Gasteiger partial charge is 0.391 e. The van der Waals surface area contributed by atoms with Crippen LogP contribution in [0.2, 0.25) is 0 Å². The van der Waals surface area contributed by atoms with Crippen molar-refractivity contribution >= 4 is 17.7 Å². The number of nitrogens with one attached hydrogen (secondary N) is 1. The second kappa shape index (κ2) is 16.1. The molecule has 2 aromatic rings. The van der Waals surface area contributed by atoms with Gasteiger partial charge in [-0.05, 0) is 108 Å². The summed E-state index contributed by atoms with van der Waals surface area (Å²) in [7, 11) is 5.96. The molecule has 1 atom stereocenters. The summed E-state index contributed by atoms with van der Waals surface area (Å²) < 4.78 is 13.4. The molecule has 2 heterocycles. The molecule has 0 saturated carbocycles. The second-order valence-corrected chi connectivity index (χ2v) is 10.1. The van der Waals surface area contributed by atoms with Crippen molar-refractivity contribution in [2.24, 2.45) is 0 Å². The van der Waals surface area contributed by atoms with Gasteiger partial charge < -0.3 is 25.0 Å². The SMILES string of the molecule is C#C.CC(C)(C)O.CC=O.CCc1c(C)c2c3c(c1-c1ccc(F)cc1)CC(C)N3CCN2C.CNC. The number of aldehydes is 1. The van der Waals surface area contributed by atoms with E-state index in [0.717, 1.165) is 37.8 Å². The van der Waals surface area contributed by atoms with Crippen LogP contribution in [0.15, 0.2) is 24.3 Å². The highest BCUT2D eigenvalue weighted by molar-refractivity contribution is 5.91. The van der Waals surface area contributed by atoms with Crippen LogP contribution >= 0.6 is 0 Å². The van der Waals surface area contributed by atoms with Crippen molar-refractivity contribution < 1.29 is 14.3 Å². The summed E-state index contributed by atoms with van der Waals surface area (Å²) in [5.74, 6) is -0.169. The Labute approximate surface area is 225 Å². The van der Waals surface area contributed by atoms with Gasteiger partial charge in [-0.3, -0.25) is 0 Å². The van der Waals surface area contributed by atoms with Gasteiger partial charge in [-0.1, -0.05) is 19.1 Å². The van der Waals surface area contributed by atoms with Gasteiger partial charge in [0.1, 0.15) is 12.1 Å². The van der Waals surface area contributed by atoms with Crippen LogP contribution in [0.5, 0.6) is 0 Å². The maximum Gasteiger partial charge on any atom is 0.123 e. The van der Waals surface area contributed by atoms with Crippen molar-refractivity contribution in [1.82, 2.24) is 5.32 Å². The molecule has 37 heavy (non-hydrogen) atoms. The first kappa shape index (κ1) is 34.1. The summed E-state index contributed by atoms with van der Waals surface area (Å²) in [6.07, 6.45) is 10.8. The molecule has 0 radical (unpaired) electrons. The van der Waals surface area contributed by atoms with Crippen molar-refractivity contribution in [2.75, 3.05) is 44.0 Å². The Morgan fingerprint density at radius 3 is 2.03 bits per heavy atom. The van der Waals surface area contributed by atoms with Crippen molar-refractivity contribution in [3.8, 4) is 24.0 Å². The minimum absolute atomic E-state index is 0.169. The molecule has 0 aromatic heterocycles. The van der Waals surface area contributed by atoms with Crippen LogP contribution in [0.25, 0.3) is 11.1 Å². The summed E-state index contributed by atoms with van der Waals surface area (Å²) >= 11 is 0. The number of carbonyl (C=O) groups is 1. The van der Waals surface area contributed by atoms with Crippen LogP contribution < -0.4 is 15.1 Å². The lowest BCUT2D eigenvalue weighted by Crippen LogP contribution is -2.41. The molecule has 1 unspecified atom stereocenters. The molecule has 2 aliphatic rings. The first-order chi connectivity index (χ1) is 17.4. The van der Waals surface area contributed by atoms with Gasteiger partial charge >= 0.3 is 0 Å². The molecular formula is C31H48FN3O2. The highest BCUT2D eigenvalue weighted by atomic mass is 19.1. The van der Waals surface area contributed by atoms with Crippen LogP contribution in [-0.4, -0.2) is 57.3 Å². The third kappa shape index (κ3) is 9.50. The standard InChI is InChI=1S/C21H25FN2.C4H10O.C2H7N.C2H4O.C2H2/c1-5-17-14(3)20-21-18(12-13(2)24(21)11-10-23(20)4)19(17)15-6-8-16(22)9-7-15;1-4(2,3)5;1-3-2;1-2-3;1-2/h6-9,13H,5,10-12H2,1-4H3;5H,1-3H3;3H,1-2H3;2H,1H3;1-2H. The Bertz CT molecular complexity index is 988. The lowest BCUT2D eigenvalue weighted by atomic mass is 9.86. The molecule has 4 rings (SSSR count). The fourth-order valence-corrected chi connectivity index (χ4v) is 4.66. The minimum atomic E-state index is -0.500. The monoisotopic (exact) mass is 513 g/mol. The van der Waals surface area contributed by atoms with Gasteiger partial charge in [-0.25, -0.2) is 4.39 Å². The van der Waals surface area contributed by atoms with E-state index in [2.05, 4.69) is 55.8 Å². The van der Waals surface area contributed by atoms with Gasteiger partial charge in [0, 0.05) is 26.2 Å². The molecule has 2 aromatic carbocycles. The lowest BCUT2D eigenvalue weighted by molar-refractivity contribution is -0.106. The van der Waals surface area contributed by atoms with Gasteiger partial charge in [0.2, 0.25) is 0 Å². The van der Waals surface area contributed by atoms with E-state index in [4.69, 9.17) is 9.90 Å². The van der Waals surface area contributed by atoms with Crippen LogP contribution in [0.1, 0.15) is 58.2 Å². The quantitative estimate of drug-likeness (QED) is 0.403. The highest BCUT2D eigenvalue weighted by Gasteiger charge is 2.37. The molecule has 0 fully saturated rings. The minimum Gasteiger partial charge on any atom is -0.391 e. The van der Waals surface area contributed by atoms with E-state index in [-0.39, 0.29) is 5.82 Å². The Morgan fingerprint density at radius 1 is 1.14 bits per heavy atom. The van der Waals surface area contributed by atoms with Crippen molar-refractivity contribution in [1.29, 1.82) is 0 Å². The molecule has 0 bridgehead atoms. The second-order valence-electron chi connectivity index (χ2n) is 10.1. The molecule has 2 N–H and O–H groups in total. The number of terminal acetylenes is 1. The van der Waals surface area contributed by atoms with Gasteiger partial charge in [0.15, 0.2) is 0 Å². The number of halogens is 1. The number of benzene rings is 2. The molecule has 5 nitrogen and oxygen atoms in total. The average molecular weight is 514 g/mol. The highest BCUT2D eigenvalue weighted by Crippen LogP contribution is 2.50. The van der Waals surface area contributed by atoms with E-state index in [0.29, 0.717) is 6.04 Å². The van der Waals surface area contributed by atoms with Gasteiger partial charge in [-0.2, -0.15) is 0 Å².